The molecule has 2 atom stereocenters. The lowest BCUT2D eigenvalue weighted by molar-refractivity contribution is -0.146. The second kappa shape index (κ2) is 13.5. The molecular formula is C31H30N2O6S. The lowest BCUT2D eigenvalue weighted by atomic mass is 10.1. The van der Waals surface area contributed by atoms with E-state index in [-0.39, 0.29) is 29.6 Å². The maximum absolute atomic E-state index is 13.3. The van der Waals surface area contributed by atoms with E-state index in [0.29, 0.717) is 12.0 Å². The normalized spacial score (nSPS) is 12.7. The number of ether oxygens (including phenoxy) is 1. The Labute approximate surface area is 233 Å². The number of nitrogens with one attached hydrogen (secondary N) is 2. The van der Waals surface area contributed by atoms with Crippen LogP contribution in [0.5, 0.6) is 5.75 Å². The Hall–Kier alpha value is -4.47. The van der Waals surface area contributed by atoms with Crippen molar-refractivity contribution in [1.29, 1.82) is 0 Å². The number of aromatic hydroxyl groups is 1. The van der Waals surface area contributed by atoms with Crippen molar-refractivity contribution in [1.82, 2.24) is 10.0 Å². The number of carbonyl (C=O) groups is 2. The van der Waals surface area contributed by atoms with Crippen molar-refractivity contribution < 1.29 is 27.9 Å². The third-order valence-corrected chi connectivity index (χ3v) is 7.62. The first-order valence-corrected chi connectivity index (χ1v) is 14.2. The highest BCUT2D eigenvalue weighted by atomic mass is 32.2. The second-order valence-electron chi connectivity index (χ2n) is 9.21. The summed E-state index contributed by atoms with van der Waals surface area (Å²) >= 11 is 0. The fourth-order valence-corrected chi connectivity index (χ4v) is 5.28. The smallest absolute Gasteiger partial charge is 0.324 e. The highest BCUT2D eigenvalue weighted by Gasteiger charge is 2.28. The fraction of sp³-hybridized carbons (Fsp3) is 0.161. The van der Waals surface area contributed by atoms with Gasteiger partial charge in [0.05, 0.1) is 10.9 Å². The monoisotopic (exact) mass is 558 g/mol. The Kier molecular flexibility index (Phi) is 9.66. The molecule has 0 aromatic heterocycles. The Bertz CT molecular complexity index is 1500. The van der Waals surface area contributed by atoms with Crippen LogP contribution in [0.15, 0.2) is 120 Å². The number of phenols is 1. The molecule has 40 heavy (non-hydrogen) atoms. The molecule has 0 saturated heterocycles. The van der Waals surface area contributed by atoms with Crippen molar-refractivity contribution in [3.63, 3.8) is 0 Å². The summed E-state index contributed by atoms with van der Waals surface area (Å²) in [5.41, 5.74) is 2.14. The van der Waals surface area contributed by atoms with Crippen molar-refractivity contribution in [3.05, 3.63) is 132 Å². The number of benzene rings is 4. The molecule has 0 heterocycles. The van der Waals surface area contributed by atoms with Crippen LogP contribution in [0.4, 0.5) is 0 Å². The fourth-order valence-electron chi connectivity index (χ4n) is 4.10. The van der Waals surface area contributed by atoms with Gasteiger partial charge in [-0.05, 0) is 60.4 Å². The van der Waals surface area contributed by atoms with Crippen LogP contribution in [0, 0.1) is 0 Å². The van der Waals surface area contributed by atoms with Crippen molar-refractivity contribution in [3.8, 4) is 5.75 Å². The summed E-state index contributed by atoms with van der Waals surface area (Å²) in [5.74, 6) is -1.18. The lowest BCUT2D eigenvalue weighted by Crippen LogP contribution is -2.46. The number of rotatable bonds is 12. The van der Waals surface area contributed by atoms with Gasteiger partial charge in [0.2, 0.25) is 10.0 Å². The Morgan fingerprint density at radius 2 is 1.25 bits per heavy atom. The van der Waals surface area contributed by atoms with Gasteiger partial charge in [-0.2, -0.15) is 4.72 Å². The molecule has 0 spiro atoms. The van der Waals surface area contributed by atoms with E-state index in [1.165, 1.54) is 24.3 Å². The number of hydrogen-bond donors (Lipinski definition) is 3. The zero-order valence-electron chi connectivity index (χ0n) is 21.6. The molecule has 0 aliphatic heterocycles. The van der Waals surface area contributed by atoms with Gasteiger partial charge in [-0.3, -0.25) is 9.59 Å². The number of sulfonamides is 1. The van der Waals surface area contributed by atoms with E-state index in [9.17, 15) is 23.1 Å². The average molecular weight is 559 g/mol. The standard InChI is InChI=1S/C31H30N2O6S/c34-27-16-18-28(19-17-27)40(37,38)33-29(21-24-12-6-2-7-13-24)31(36)39-22-26(20-23-10-4-1-5-11-23)32-30(35)25-14-8-3-9-15-25/h1-19,26,29,33-34H,20-22H2,(H,32,35)/t26-,29-/m1/s1. The molecule has 0 bridgehead atoms. The molecule has 4 aromatic rings. The van der Waals surface area contributed by atoms with Crippen LogP contribution in [0.25, 0.3) is 0 Å². The molecule has 4 rings (SSSR count). The zero-order valence-corrected chi connectivity index (χ0v) is 22.5. The van der Waals surface area contributed by atoms with E-state index in [4.69, 9.17) is 4.74 Å². The number of amides is 1. The summed E-state index contributed by atoms with van der Waals surface area (Å²) in [6, 6.07) is 30.4. The summed E-state index contributed by atoms with van der Waals surface area (Å²) < 4.78 is 34.2. The number of esters is 1. The predicted molar refractivity (Wildman–Crippen MR) is 151 cm³/mol. The molecule has 1 amide bonds. The van der Waals surface area contributed by atoms with Crippen LogP contribution >= 0.6 is 0 Å². The highest BCUT2D eigenvalue weighted by Crippen LogP contribution is 2.16. The van der Waals surface area contributed by atoms with E-state index in [1.807, 2.05) is 42.5 Å². The molecule has 0 saturated carbocycles. The van der Waals surface area contributed by atoms with Crippen molar-refractivity contribution in [2.24, 2.45) is 0 Å². The van der Waals surface area contributed by atoms with E-state index in [1.54, 1.807) is 48.5 Å². The van der Waals surface area contributed by atoms with Crippen LogP contribution in [0.1, 0.15) is 21.5 Å². The summed E-state index contributed by atoms with van der Waals surface area (Å²) in [5, 5.41) is 12.5. The van der Waals surface area contributed by atoms with Crippen LogP contribution in [-0.2, 0) is 32.4 Å². The third kappa shape index (κ3) is 8.26. The summed E-state index contributed by atoms with van der Waals surface area (Å²) in [6.07, 6.45) is 0.450. The zero-order chi connectivity index (χ0) is 28.4. The largest absolute Gasteiger partial charge is 0.508 e. The van der Waals surface area contributed by atoms with Crippen molar-refractivity contribution in [2.45, 2.75) is 29.8 Å². The average Bonchev–Trinajstić information content (AvgIpc) is 2.97. The lowest BCUT2D eigenvalue weighted by Gasteiger charge is -2.22. The topological polar surface area (TPSA) is 122 Å². The molecule has 206 valence electrons. The predicted octanol–water partition coefficient (Wildman–Crippen LogP) is 3.87. The molecule has 9 heteroatoms. The summed E-state index contributed by atoms with van der Waals surface area (Å²) in [7, 11) is -4.12. The van der Waals surface area contributed by atoms with E-state index >= 15 is 0 Å². The van der Waals surface area contributed by atoms with Gasteiger partial charge in [0.1, 0.15) is 18.4 Å². The molecule has 4 aromatic carbocycles. The molecule has 0 fully saturated rings. The van der Waals surface area contributed by atoms with Gasteiger partial charge >= 0.3 is 5.97 Å². The van der Waals surface area contributed by atoms with Crippen LogP contribution in [0.3, 0.4) is 0 Å². The number of hydrogen-bond acceptors (Lipinski definition) is 6. The maximum Gasteiger partial charge on any atom is 0.324 e. The SMILES string of the molecule is O=C(N[C@@H](COC(=O)[C@@H](Cc1ccccc1)NS(=O)(=O)c1ccc(O)cc1)Cc1ccccc1)c1ccccc1. The molecule has 0 unspecified atom stereocenters. The van der Waals surface area contributed by atoms with Crippen LogP contribution in [0.2, 0.25) is 0 Å². The minimum atomic E-state index is -4.12. The quantitative estimate of drug-likeness (QED) is 0.227. The Balaban J connectivity index is 1.51. The minimum absolute atomic E-state index is 0.0523. The molecule has 0 radical (unpaired) electrons. The van der Waals surface area contributed by atoms with Crippen molar-refractivity contribution >= 4 is 21.9 Å². The second-order valence-corrected chi connectivity index (χ2v) is 10.9. The van der Waals surface area contributed by atoms with Crippen LogP contribution in [-0.4, -0.2) is 44.1 Å². The molecule has 0 aliphatic rings. The van der Waals surface area contributed by atoms with Crippen molar-refractivity contribution in [2.75, 3.05) is 6.61 Å². The van der Waals surface area contributed by atoms with Gasteiger partial charge in [-0.15, -0.1) is 0 Å². The molecule has 8 nitrogen and oxygen atoms in total. The first-order chi connectivity index (χ1) is 19.3. The third-order valence-electron chi connectivity index (χ3n) is 6.13. The van der Waals surface area contributed by atoms with E-state index in [0.717, 1.165) is 11.1 Å². The van der Waals surface area contributed by atoms with Gasteiger partial charge < -0.3 is 15.2 Å². The maximum atomic E-state index is 13.3. The van der Waals surface area contributed by atoms with Gasteiger partial charge in [0.15, 0.2) is 0 Å². The molecule has 3 N–H and O–H groups in total. The Morgan fingerprint density at radius 1 is 0.725 bits per heavy atom. The first-order valence-electron chi connectivity index (χ1n) is 12.7. The van der Waals surface area contributed by atoms with Crippen LogP contribution < -0.4 is 10.0 Å². The van der Waals surface area contributed by atoms with Gasteiger partial charge in [0.25, 0.3) is 5.91 Å². The van der Waals surface area contributed by atoms with E-state index in [2.05, 4.69) is 10.0 Å². The van der Waals surface area contributed by atoms with Gasteiger partial charge in [-0.25, -0.2) is 8.42 Å². The first kappa shape index (κ1) is 28.5. The van der Waals surface area contributed by atoms with Gasteiger partial charge in [-0.1, -0.05) is 78.9 Å². The highest BCUT2D eigenvalue weighted by molar-refractivity contribution is 7.89. The Morgan fingerprint density at radius 3 is 1.82 bits per heavy atom. The minimum Gasteiger partial charge on any atom is -0.508 e. The summed E-state index contributed by atoms with van der Waals surface area (Å²) in [4.78, 5) is 26.1. The van der Waals surface area contributed by atoms with Gasteiger partial charge in [0, 0.05) is 5.56 Å². The number of carbonyl (C=O) groups excluding carboxylic acids is 2. The molecular weight excluding hydrogens is 528 g/mol. The summed E-state index contributed by atoms with van der Waals surface area (Å²) in [6.45, 7) is -0.168. The number of phenolic OH excluding ortho intramolecular Hbond substituents is 1. The molecule has 0 aliphatic carbocycles. The van der Waals surface area contributed by atoms with E-state index < -0.39 is 28.1 Å².